The summed E-state index contributed by atoms with van der Waals surface area (Å²) in [4.78, 5) is 21.5. The van der Waals surface area contributed by atoms with E-state index in [1.54, 1.807) is 19.1 Å². The molecule has 0 amide bonds. The van der Waals surface area contributed by atoms with E-state index in [1.165, 1.54) is 25.3 Å². The smallest absolute Gasteiger partial charge is 0.333 e. The van der Waals surface area contributed by atoms with Crippen LogP contribution in [0, 0.1) is 0 Å². The molecule has 1 atom stereocenters. The van der Waals surface area contributed by atoms with E-state index in [0.29, 0.717) is 5.75 Å². The van der Waals surface area contributed by atoms with Crippen molar-refractivity contribution in [3.8, 4) is 5.75 Å². The van der Waals surface area contributed by atoms with E-state index in [2.05, 4.69) is 13.2 Å². The van der Waals surface area contributed by atoms with Gasteiger partial charge in [-0.05, 0) is 37.8 Å². The maximum absolute atomic E-state index is 10.8. The van der Waals surface area contributed by atoms with Gasteiger partial charge in [0.25, 0.3) is 0 Å². The molecule has 1 unspecified atom stereocenters. The monoisotopic (exact) mass is 346 g/mol. The average molecular weight is 346 g/mol. The van der Waals surface area contributed by atoms with Crippen molar-refractivity contribution < 1.29 is 23.8 Å². The van der Waals surface area contributed by atoms with Crippen molar-refractivity contribution in [3.05, 3.63) is 55.6 Å². The number of hydrogen-bond acceptors (Lipinski definition) is 5. The summed E-state index contributed by atoms with van der Waals surface area (Å²) in [6.07, 6.45) is 7.60. The predicted octanol–water partition coefficient (Wildman–Crippen LogP) is 4.19. The first-order valence-corrected chi connectivity index (χ1v) is 8.43. The molecule has 0 radical (unpaired) electrons. The number of benzene rings is 1. The molecule has 1 fully saturated rings. The Labute approximate surface area is 149 Å². The van der Waals surface area contributed by atoms with Gasteiger partial charge in [0.1, 0.15) is 11.9 Å². The Morgan fingerprint density at radius 1 is 1.04 bits per heavy atom. The van der Waals surface area contributed by atoms with Crippen LogP contribution in [0.5, 0.6) is 5.75 Å². The molecule has 0 saturated heterocycles. The van der Waals surface area contributed by atoms with Crippen LogP contribution >= 0.6 is 0 Å². The minimum Gasteiger partial charge on any atom is -0.459 e. The summed E-state index contributed by atoms with van der Waals surface area (Å²) in [6, 6.07) is 9.15. The Morgan fingerprint density at radius 3 is 2.20 bits per heavy atom. The first-order chi connectivity index (χ1) is 12.0. The van der Waals surface area contributed by atoms with Gasteiger partial charge in [-0.3, -0.25) is 0 Å². The van der Waals surface area contributed by atoms with Crippen LogP contribution in [0.3, 0.4) is 0 Å². The number of carbonyl (C=O) groups excluding carboxylic acids is 2. The van der Waals surface area contributed by atoms with Gasteiger partial charge in [-0.1, -0.05) is 37.8 Å². The molecule has 5 nitrogen and oxygen atoms in total. The highest BCUT2D eigenvalue weighted by molar-refractivity contribution is 5.81. The molecular weight excluding hydrogens is 320 g/mol. The molecule has 0 aromatic heterocycles. The van der Waals surface area contributed by atoms with E-state index < -0.39 is 12.3 Å². The van der Waals surface area contributed by atoms with Gasteiger partial charge in [0.15, 0.2) is 0 Å². The van der Waals surface area contributed by atoms with Crippen LogP contribution in [-0.4, -0.2) is 24.3 Å². The summed E-state index contributed by atoms with van der Waals surface area (Å²) >= 11 is 0. The van der Waals surface area contributed by atoms with Crippen molar-refractivity contribution in [3.63, 3.8) is 0 Å². The Balaban J connectivity index is 0.000000257. The van der Waals surface area contributed by atoms with Crippen molar-refractivity contribution in [1.82, 2.24) is 0 Å². The number of para-hydroxylation sites is 1. The summed E-state index contributed by atoms with van der Waals surface area (Å²) in [6.45, 7) is 8.29. The zero-order chi connectivity index (χ0) is 18.5. The molecule has 25 heavy (non-hydrogen) atoms. The molecule has 1 saturated carbocycles. The van der Waals surface area contributed by atoms with Gasteiger partial charge >= 0.3 is 11.9 Å². The second kappa shape index (κ2) is 11.9. The zero-order valence-corrected chi connectivity index (χ0v) is 14.7. The first-order valence-electron chi connectivity index (χ1n) is 8.43. The van der Waals surface area contributed by atoms with Crippen LogP contribution in [0.25, 0.3) is 0 Å². The fourth-order valence-electron chi connectivity index (χ4n) is 2.32. The summed E-state index contributed by atoms with van der Waals surface area (Å²) in [5.74, 6) is -0.109. The van der Waals surface area contributed by atoms with Gasteiger partial charge in [0, 0.05) is 19.1 Å². The maximum Gasteiger partial charge on any atom is 0.333 e. The Kier molecular flexibility index (Phi) is 9.75. The third-order valence-electron chi connectivity index (χ3n) is 3.50. The third-order valence-corrected chi connectivity index (χ3v) is 3.50. The Hall–Kier alpha value is -2.56. The highest BCUT2D eigenvalue weighted by atomic mass is 16.7. The largest absolute Gasteiger partial charge is 0.459 e. The molecule has 136 valence electrons. The molecule has 2 rings (SSSR count). The van der Waals surface area contributed by atoms with Gasteiger partial charge in [-0.15, -0.1) is 0 Å². The molecule has 0 bridgehead atoms. The summed E-state index contributed by atoms with van der Waals surface area (Å²) < 4.78 is 15.2. The number of ether oxygens (including phenoxy) is 3. The second-order valence-corrected chi connectivity index (χ2v) is 5.54. The van der Waals surface area contributed by atoms with Gasteiger partial charge in [-0.25, -0.2) is 9.59 Å². The van der Waals surface area contributed by atoms with Crippen LogP contribution in [-0.2, 0) is 19.1 Å². The molecule has 1 aromatic rings. The van der Waals surface area contributed by atoms with Crippen molar-refractivity contribution in [1.29, 1.82) is 0 Å². The van der Waals surface area contributed by atoms with Crippen molar-refractivity contribution in [2.75, 3.05) is 0 Å². The molecular formula is C20H26O5. The minimum atomic E-state index is -0.608. The topological polar surface area (TPSA) is 61.8 Å². The zero-order valence-electron chi connectivity index (χ0n) is 14.7. The van der Waals surface area contributed by atoms with Gasteiger partial charge < -0.3 is 14.2 Å². The summed E-state index contributed by atoms with van der Waals surface area (Å²) in [5.41, 5.74) is 0. The van der Waals surface area contributed by atoms with Gasteiger partial charge in [0.2, 0.25) is 6.29 Å². The number of carbonyl (C=O) groups is 2. The second-order valence-electron chi connectivity index (χ2n) is 5.54. The van der Waals surface area contributed by atoms with E-state index >= 15 is 0 Å². The SMILES string of the molecule is C=CC(=O)OC(C)Oc1ccccc1.C=CC(=O)OC1CCCCC1. The first kappa shape index (κ1) is 20.5. The minimum absolute atomic E-state index is 0.161. The Morgan fingerprint density at radius 2 is 1.64 bits per heavy atom. The molecule has 0 N–H and O–H groups in total. The highest BCUT2D eigenvalue weighted by Crippen LogP contribution is 2.20. The third kappa shape index (κ3) is 9.35. The van der Waals surface area contributed by atoms with Crippen molar-refractivity contribution >= 4 is 11.9 Å². The Bertz CT molecular complexity index is 546. The molecule has 0 spiro atoms. The van der Waals surface area contributed by atoms with Crippen molar-refractivity contribution in [2.24, 2.45) is 0 Å². The average Bonchev–Trinajstić information content (AvgIpc) is 2.63. The van der Waals surface area contributed by atoms with Gasteiger partial charge in [0.05, 0.1) is 0 Å². The van der Waals surface area contributed by atoms with Crippen LogP contribution in [0.15, 0.2) is 55.6 Å². The number of hydrogen-bond donors (Lipinski definition) is 0. The van der Waals surface area contributed by atoms with E-state index in [1.807, 2.05) is 18.2 Å². The molecule has 1 aliphatic rings. The molecule has 0 heterocycles. The molecule has 1 aliphatic carbocycles. The van der Waals surface area contributed by atoms with E-state index in [4.69, 9.17) is 14.2 Å². The lowest BCUT2D eigenvalue weighted by atomic mass is 9.98. The number of rotatable bonds is 6. The summed E-state index contributed by atoms with van der Waals surface area (Å²) in [5, 5.41) is 0. The molecule has 0 aliphatic heterocycles. The van der Waals surface area contributed by atoms with E-state index in [9.17, 15) is 9.59 Å². The highest BCUT2D eigenvalue weighted by Gasteiger charge is 2.15. The maximum atomic E-state index is 10.8. The van der Waals surface area contributed by atoms with Crippen LogP contribution in [0.2, 0.25) is 0 Å². The lowest BCUT2D eigenvalue weighted by molar-refractivity contribution is -0.155. The fourth-order valence-corrected chi connectivity index (χ4v) is 2.32. The quantitative estimate of drug-likeness (QED) is 0.439. The lowest BCUT2D eigenvalue weighted by Crippen LogP contribution is -2.19. The van der Waals surface area contributed by atoms with Crippen LogP contribution in [0.4, 0.5) is 0 Å². The lowest BCUT2D eigenvalue weighted by Gasteiger charge is -2.20. The normalized spacial score (nSPS) is 14.9. The van der Waals surface area contributed by atoms with Crippen LogP contribution in [0.1, 0.15) is 39.0 Å². The number of esters is 2. The fraction of sp³-hybridized carbons (Fsp3) is 0.400. The predicted molar refractivity (Wildman–Crippen MR) is 96.0 cm³/mol. The standard InChI is InChI=1S/C11H12O3.C9H14O2/c1-3-11(12)14-9(2)13-10-7-5-4-6-8-10;1-2-9(10)11-8-6-4-3-5-7-8/h3-9H,1H2,2H3;2,8H,1,3-7H2. The molecule has 5 heteroatoms. The van der Waals surface area contributed by atoms with E-state index in [-0.39, 0.29) is 12.1 Å². The van der Waals surface area contributed by atoms with Gasteiger partial charge in [-0.2, -0.15) is 0 Å². The molecule has 1 aromatic carbocycles. The van der Waals surface area contributed by atoms with Crippen molar-refractivity contribution in [2.45, 2.75) is 51.4 Å². The van der Waals surface area contributed by atoms with E-state index in [0.717, 1.165) is 18.9 Å². The van der Waals surface area contributed by atoms with Crippen LogP contribution < -0.4 is 4.74 Å². The summed E-state index contributed by atoms with van der Waals surface area (Å²) in [7, 11) is 0.